The molecule has 3 amide bonds. The second-order valence-electron chi connectivity index (χ2n) is 9.13. The summed E-state index contributed by atoms with van der Waals surface area (Å²) in [6, 6.07) is 20.5. The van der Waals surface area contributed by atoms with Gasteiger partial charge in [-0.25, -0.2) is 4.79 Å². The minimum Gasteiger partial charge on any atom is -0.493 e. The minimum atomic E-state index is -0.555. The molecule has 2 atom stereocenters. The number of ether oxygens (including phenoxy) is 1. The maximum Gasteiger partial charge on any atom is 0.326 e. The molecule has 2 aliphatic heterocycles. The zero-order valence-corrected chi connectivity index (χ0v) is 22.6. The zero-order valence-electron chi connectivity index (χ0n) is 21.1. The average Bonchev–Trinajstić information content (AvgIpc) is 3.34. The van der Waals surface area contributed by atoms with Crippen LogP contribution in [-0.4, -0.2) is 53.8 Å². The standard InChI is InChI=1S/C29H25Cl2N5O3/c1-2-39-24-15-18(16-32)3-12-23(24)28-34-26(19-4-8-21(30)9-5-19)27(20-6-10-22(31)11-7-20)36(28)29(38)35-14-13-33-25(37)17-35/h3-12,15,26-27H,2,13-14,17H2,1H3,(H,33,37). The number of piperazine rings is 1. The highest BCUT2D eigenvalue weighted by atomic mass is 35.5. The van der Waals surface area contributed by atoms with Gasteiger partial charge in [0.25, 0.3) is 0 Å². The third kappa shape index (κ3) is 5.42. The largest absolute Gasteiger partial charge is 0.493 e. The predicted octanol–water partition coefficient (Wildman–Crippen LogP) is 5.36. The van der Waals surface area contributed by atoms with Gasteiger partial charge in [0.05, 0.1) is 29.8 Å². The average molecular weight is 562 g/mol. The molecule has 8 nitrogen and oxygen atoms in total. The Morgan fingerprint density at radius 2 is 1.74 bits per heavy atom. The normalized spacial score (nSPS) is 18.8. The predicted molar refractivity (Wildman–Crippen MR) is 149 cm³/mol. The molecule has 1 fully saturated rings. The number of benzene rings is 3. The number of nitrogens with one attached hydrogen (secondary N) is 1. The summed E-state index contributed by atoms with van der Waals surface area (Å²) in [6.07, 6.45) is 0. The lowest BCUT2D eigenvalue weighted by molar-refractivity contribution is -0.123. The lowest BCUT2D eigenvalue weighted by Crippen LogP contribution is -2.55. The van der Waals surface area contributed by atoms with E-state index < -0.39 is 12.1 Å². The number of nitrogens with zero attached hydrogens (tertiary/aromatic N) is 4. The fourth-order valence-corrected chi connectivity index (χ4v) is 5.11. The molecule has 0 spiro atoms. The van der Waals surface area contributed by atoms with Gasteiger partial charge >= 0.3 is 6.03 Å². The highest BCUT2D eigenvalue weighted by Crippen LogP contribution is 2.45. The first-order chi connectivity index (χ1) is 18.9. The number of hydrogen-bond acceptors (Lipinski definition) is 5. The number of amides is 3. The summed E-state index contributed by atoms with van der Waals surface area (Å²) in [5.41, 5.74) is 2.67. The number of hydrogen-bond donors (Lipinski definition) is 1. The van der Waals surface area contributed by atoms with E-state index in [1.54, 1.807) is 47.4 Å². The number of carbonyl (C=O) groups is 2. The SMILES string of the molecule is CCOc1cc(C#N)ccc1C1=NC(c2ccc(Cl)cc2)C(c2ccc(Cl)cc2)N1C(=O)N1CCNC(=O)C1. The number of aliphatic imine (C=N–C) groups is 1. The molecular formula is C29H25Cl2N5O3. The Morgan fingerprint density at radius 1 is 1.08 bits per heavy atom. The van der Waals surface area contributed by atoms with E-state index in [1.807, 2.05) is 31.2 Å². The maximum atomic E-state index is 14.3. The van der Waals surface area contributed by atoms with Gasteiger partial charge in [0.15, 0.2) is 0 Å². The molecule has 3 aromatic rings. The smallest absolute Gasteiger partial charge is 0.326 e. The lowest BCUT2D eigenvalue weighted by Gasteiger charge is -2.35. The summed E-state index contributed by atoms with van der Waals surface area (Å²) in [4.78, 5) is 34.7. The fourth-order valence-electron chi connectivity index (χ4n) is 4.86. The maximum absolute atomic E-state index is 14.3. The monoisotopic (exact) mass is 561 g/mol. The van der Waals surface area contributed by atoms with Crippen LogP contribution in [0.25, 0.3) is 0 Å². The van der Waals surface area contributed by atoms with Gasteiger partial charge in [-0.3, -0.25) is 14.7 Å². The summed E-state index contributed by atoms with van der Waals surface area (Å²) >= 11 is 12.4. The molecule has 198 valence electrons. The van der Waals surface area contributed by atoms with Gasteiger partial charge in [-0.15, -0.1) is 0 Å². The summed E-state index contributed by atoms with van der Waals surface area (Å²) in [6.45, 7) is 2.86. The lowest BCUT2D eigenvalue weighted by atomic mass is 9.93. The van der Waals surface area contributed by atoms with Crippen molar-refractivity contribution in [2.24, 2.45) is 4.99 Å². The molecule has 5 rings (SSSR count). The van der Waals surface area contributed by atoms with Crippen LogP contribution in [0, 0.1) is 11.3 Å². The van der Waals surface area contributed by atoms with E-state index in [9.17, 15) is 14.9 Å². The first-order valence-corrected chi connectivity index (χ1v) is 13.3. The Kier molecular flexibility index (Phi) is 7.73. The molecule has 39 heavy (non-hydrogen) atoms. The molecule has 1 saturated heterocycles. The Morgan fingerprint density at radius 3 is 2.36 bits per heavy atom. The van der Waals surface area contributed by atoms with Crippen molar-refractivity contribution < 1.29 is 14.3 Å². The summed E-state index contributed by atoms with van der Waals surface area (Å²) in [5, 5.41) is 13.4. The van der Waals surface area contributed by atoms with E-state index in [0.29, 0.717) is 52.5 Å². The van der Waals surface area contributed by atoms with Gasteiger partial charge in [0.2, 0.25) is 5.91 Å². The fraction of sp³-hybridized carbons (Fsp3) is 0.241. The molecule has 0 aromatic heterocycles. The molecule has 0 radical (unpaired) electrons. The van der Waals surface area contributed by atoms with Crippen LogP contribution in [0.3, 0.4) is 0 Å². The molecule has 2 aliphatic rings. The van der Waals surface area contributed by atoms with Crippen molar-refractivity contribution >= 4 is 41.0 Å². The van der Waals surface area contributed by atoms with E-state index >= 15 is 0 Å². The van der Waals surface area contributed by atoms with Crippen molar-refractivity contribution in [1.29, 1.82) is 5.26 Å². The van der Waals surface area contributed by atoms with E-state index in [0.717, 1.165) is 11.1 Å². The Balaban J connectivity index is 1.71. The van der Waals surface area contributed by atoms with Crippen LogP contribution >= 0.6 is 23.2 Å². The van der Waals surface area contributed by atoms with Crippen molar-refractivity contribution in [2.75, 3.05) is 26.2 Å². The first kappa shape index (κ1) is 26.5. The van der Waals surface area contributed by atoms with E-state index in [2.05, 4.69) is 11.4 Å². The van der Waals surface area contributed by atoms with Crippen molar-refractivity contribution in [3.63, 3.8) is 0 Å². The third-order valence-corrected chi connectivity index (χ3v) is 7.16. The zero-order chi connectivity index (χ0) is 27.5. The highest BCUT2D eigenvalue weighted by Gasteiger charge is 2.45. The van der Waals surface area contributed by atoms with Crippen LogP contribution in [0.1, 0.15) is 41.3 Å². The molecule has 2 unspecified atom stereocenters. The number of amidine groups is 1. The van der Waals surface area contributed by atoms with Crippen LogP contribution in [0.15, 0.2) is 71.7 Å². The molecule has 1 N–H and O–H groups in total. The van der Waals surface area contributed by atoms with E-state index in [-0.39, 0.29) is 18.5 Å². The van der Waals surface area contributed by atoms with Gasteiger partial charge in [0.1, 0.15) is 24.2 Å². The number of carbonyl (C=O) groups excluding carboxylic acids is 2. The van der Waals surface area contributed by atoms with Crippen LogP contribution in [0.4, 0.5) is 4.79 Å². The summed E-state index contributed by atoms with van der Waals surface area (Å²) in [5.74, 6) is 0.605. The van der Waals surface area contributed by atoms with Crippen LogP contribution in [0.5, 0.6) is 5.75 Å². The Bertz CT molecular complexity index is 1470. The highest BCUT2D eigenvalue weighted by molar-refractivity contribution is 6.30. The molecule has 2 heterocycles. The molecule has 3 aromatic carbocycles. The number of rotatable bonds is 5. The summed E-state index contributed by atoms with van der Waals surface area (Å²) < 4.78 is 5.91. The molecular weight excluding hydrogens is 537 g/mol. The number of urea groups is 1. The quantitative estimate of drug-likeness (QED) is 0.453. The van der Waals surface area contributed by atoms with Crippen LogP contribution in [-0.2, 0) is 4.79 Å². The van der Waals surface area contributed by atoms with Crippen molar-refractivity contribution in [3.8, 4) is 11.8 Å². The number of halogens is 2. The summed E-state index contributed by atoms with van der Waals surface area (Å²) in [7, 11) is 0. The molecule has 10 heteroatoms. The van der Waals surface area contributed by atoms with E-state index in [1.165, 1.54) is 4.90 Å². The van der Waals surface area contributed by atoms with E-state index in [4.69, 9.17) is 32.9 Å². The van der Waals surface area contributed by atoms with Gasteiger partial charge in [-0.05, 0) is 60.5 Å². The van der Waals surface area contributed by atoms with Gasteiger partial charge in [0, 0.05) is 23.1 Å². The third-order valence-electron chi connectivity index (χ3n) is 6.66. The second-order valence-corrected chi connectivity index (χ2v) is 10.00. The van der Waals surface area contributed by atoms with Gasteiger partial charge in [-0.2, -0.15) is 5.26 Å². The second kappa shape index (κ2) is 11.4. The molecule has 0 saturated carbocycles. The molecule has 0 aliphatic carbocycles. The van der Waals surface area contributed by atoms with Gasteiger partial charge in [-0.1, -0.05) is 47.5 Å². The van der Waals surface area contributed by atoms with Crippen molar-refractivity contribution in [1.82, 2.24) is 15.1 Å². The van der Waals surface area contributed by atoms with Crippen LogP contribution in [0.2, 0.25) is 10.0 Å². The van der Waals surface area contributed by atoms with Gasteiger partial charge < -0.3 is 15.0 Å². The Hall–Kier alpha value is -4.06. The topological polar surface area (TPSA) is 98.0 Å². The van der Waals surface area contributed by atoms with Crippen molar-refractivity contribution in [2.45, 2.75) is 19.0 Å². The minimum absolute atomic E-state index is 0.0623. The van der Waals surface area contributed by atoms with Crippen LogP contribution < -0.4 is 10.1 Å². The molecule has 0 bridgehead atoms. The number of nitriles is 1. The van der Waals surface area contributed by atoms with Crippen molar-refractivity contribution in [3.05, 3.63) is 99.0 Å². The first-order valence-electron chi connectivity index (χ1n) is 12.5. The Labute approximate surface area is 236 Å².